The average Bonchev–Trinajstić information content (AvgIpc) is 2.71. The van der Waals surface area contributed by atoms with Crippen LogP contribution < -0.4 is 4.74 Å². The Morgan fingerprint density at radius 1 is 1.07 bits per heavy atom. The summed E-state index contributed by atoms with van der Waals surface area (Å²) in [7, 11) is -3.37. The highest BCUT2D eigenvalue weighted by Crippen LogP contribution is 2.29. The molecule has 2 aliphatic rings. The Labute approximate surface area is 187 Å². The summed E-state index contributed by atoms with van der Waals surface area (Å²) >= 11 is 12.0. The first-order chi connectivity index (χ1) is 14.2. The van der Waals surface area contributed by atoms with Crippen LogP contribution in [0.5, 0.6) is 5.75 Å². The van der Waals surface area contributed by atoms with E-state index in [9.17, 15) is 13.2 Å². The summed E-state index contributed by atoms with van der Waals surface area (Å²) < 4.78 is 32.4. The van der Waals surface area contributed by atoms with Crippen LogP contribution in [0.1, 0.15) is 38.5 Å². The maximum atomic E-state index is 12.4. The van der Waals surface area contributed by atoms with Crippen molar-refractivity contribution in [3.05, 3.63) is 28.2 Å². The molecule has 0 atom stereocenters. The molecule has 1 aromatic carbocycles. The average molecular weight is 479 g/mol. The van der Waals surface area contributed by atoms with Crippen LogP contribution in [-0.2, 0) is 14.8 Å². The van der Waals surface area contributed by atoms with E-state index in [4.69, 9.17) is 33.0 Å². The van der Waals surface area contributed by atoms with Gasteiger partial charge < -0.3 is 14.7 Å². The minimum Gasteiger partial charge on any atom is -0.490 e. The SMILES string of the molecule is O=C(O)CCCS(=O)(=O)N1CCC(N2CCC(Oc3ccc(Cl)c(Cl)c3)CC2)CC1. The monoisotopic (exact) mass is 478 g/mol. The van der Waals surface area contributed by atoms with Crippen LogP contribution in [0.3, 0.4) is 0 Å². The Balaban J connectivity index is 1.42. The number of carboxylic acids is 1. The molecule has 0 bridgehead atoms. The summed E-state index contributed by atoms with van der Waals surface area (Å²) in [5.74, 6) is -0.332. The van der Waals surface area contributed by atoms with Gasteiger partial charge in [0.2, 0.25) is 10.0 Å². The van der Waals surface area contributed by atoms with Crippen LogP contribution in [0.4, 0.5) is 0 Å². The van der Waals surface area contributed by atoms with E-state index in [0.29, 0.717) is 29.2 Å². The molecule has 0 saturated carbocycles. The number of benzene rings is 1. The van der Waals surface area contributed by atoms with E-state index in [-0.39, 0.29) is 24.7 Å². The second kappa shape index (κ2) is 10.5. The number of rotatable bonds is 8. The lowest BCUT2D eigenvalue weighted by Gasteiger charge is -2.41. The van der Waals surface area contributed by atoms with E-state index in [1.165, 1.54) is 4.31 Å². The molecule has 3 rings (SSSR count). The molecule has 2 aliphatic heterocycles. The molecule has 0 aliphatic carbocycles. The molecule has 0 unspecified atom stereocenters. The van der Waals surface area contributed by atoms with Crippen LogP contribution >= 0.6 is 23.2 Å². The van der Waals surface area contributed by atoms with Crippen LogP contribution in [0.2, 0.25) is 10.0 Å². The first-order valence-corrected chi connectivity index (χ1v) is 12.7. The number of aliphatic carboxylic acids is 1. The van der Waals surface area contributed by atoms with Crippen molar-refractivity contribution in [2.75, 3.05) is 31.9 Å². The molecule has 30 heavy (non-hydrogen) atoms. The van der Waals surface area contributed by atoms with Gasteiger partial charge in [0.1, 0.15) is 11.9 Å². The summed E-state index contributed by atoms with van der Waals surface area (Å²) in [6.07, 6.45) is 3.60. The zero-order valence-corrected chi connectivity index (χ0v) is 19.1. The van der Waals surface area contributed by atoms with E-state index >= 15 is 0 Å². The number of hydrogen-bond acceptors (Lipinski definition) is 5. The van der Waals surface area contributed by atoms with Crippen LogP contribution in [0.15, 0.2) is 18.2 Å². The predicted molar refractivity (Wildman–Crippen MR) is 117 cm³/mol. The van der Waals surface area contributed by atoms with E-state index in [0.717, 1.165) is 44.5 Å². The quantitative estimate of drug-likeness (QED) is 0.614. The summed E-state index contributed by atoms with van der Waals surface area (Å²) in [5, 5.41) is 9.68. The van der Waals surface area contributed by atoms with Crippen molar-refractivity contribution in [2.24, 2.45) is 0 Å². The third kappa shape index (κ3) is 6.47. The smallest absolute Gasteiger partial charge is 0.303 e. The molecule has 168 valence electrons. The van der Waals surface area contributed by atoms with Crippen molar-refractivity contribution in [1.82, 2.24) is 9.21 Å². The third-order valence-corrected chi connectivity index (χ3v) is 8.49. The van der Waals surface area contributed by atoms with Crippen LogP contribution in [0.25, 0.3) is 0 Å². The highest BCUT2D eigenvalue weighted by Gasteiger charge is 2.32. The van der Waals surface area contributed by atoms with E-state index in [2.05, 4.69) is 4.90 Å². The van der Waals surface area contributed by atoms with Crippen LogP contribution in [-0.4, -0.2) is 72.8 Å². The van der Waals surface area contributed by atoms with Crippen molar-refractivity contribution in [3.8, 4) is 5.75 Å². The minimum atomic E-state index is -3.37. The summed E-state index contributed by atoms with van der Waals surface area (Å²) in [4.78, 5) is 13.0. The third-order valence-electron chi connectivity index (χ3n) is 5.80. The molecule has 10 heteroatoms. The first-order valence-electron chi connectivity index (χ1n) is 10.3. The fraction of sp³-hybridized carbons (Fsp3) is 0.650. The normalized spacial score (nSPS) is 20.3. The zero-order chi connectivity index (χ0) is 21.7. The number of nitrogens with zero attached hydrogens (tertiary/aromatic N) is 2. The zero-order valence-electron chi connectivity index (χ0n) is 16.8. The van der Waals surface area contributed by atoms with Gasteiger partial charge in [-0.05, 0) is 44.2 Å². The molecule has 1 aromatic rings. The standard InChI is InChI=1S/C20H28Cl2N2O5S/c21-18-4-3-17(14-19(18)22)29-16-7-9-23(10-8-16)15-5-11-24(12-6-15)30(27,28)13-1-2-20(25)26/h3-4,14-16H,1-2,5-13H2,(H,25,26). The summed E-state index contributed by atoms with van der Waals surface area (Å²) in [5.41, 5.74) is 0. The lowest BCUT2D eigenvalue weighted by atomic mass is 10.00. The van der Waals surface area contributed by atoms with Crippen molar-refractivity contribution in [2.45, 2.75) is 50.7 Å². The molecule has 0 aromatic heterocycles. The predicted octanol–water partition coefficient (Wildman–Crippen LogP) is 3.50. The molecule has 0 amide bonds. The Kier molecular flexibility index (Phi) is 8.26. The maximum absolute atomic E-state index is 12.4. The lowest BCUT2D eigenvalue weighted by Crippen LogP contribution is -2.50. The molecule has 0 radical (unpaired) electrons. The van der Waals surface area contributed by atoms with Crippen molar-refractivity contribution >= 4 is 39.2 Å². The number of likely N-dealkylation sites (tertiary alicyclic amines) is 1. The van der Waals surface area contributed by atoms with Gasteiger partial charge in [-0.3, -0.25) is 4.79 Å². The van der Waals surface area contributed by atoms with Gasteiger partial charge in [0.05, 0.1) is 15.8 Å². The molecule has 2 saturated heterocycles. The lowest BCUT2D eigenvalue weighted by molar-refractivity contribution is -0.137. The van der Waals surface area contributed by atoms with Gasteiger partial charge in [-0.1, -0.05) is 23.2 Å². The molecular formula is C20H28Cl2N2O5S. The van der Waals surface area contributed by atoms with E-state index in [1.807, 2.05) is 6.07 Å². The minimum absolute atomic E-state index is 0.0958. The number of ether oxygens (including phenoxy) is 1. The molecule has 7 nitrogen and oxygen atoms in total. The number of carboxylic acid groups (broad SMARTS) is 1. The fourth-order valence-electron chi connectivity index (χ4n) is 4.12. The van der Waals surface area contributed by atoms with Gasteiger partial charge in [0.15, 0.2) is 0 Å². The Morgan fingerprint density at radius 3 is 2.33 bits per heavy atom. The molecule has 2 heterocycles. The van der Waals surface area contributed by atoms with E-state index in [1.54, 1.807) is 12.1 Å². The van der Waals surface area contributed by atoms with Crippen molar-refractivity contribution in [1.29, 1.82) is 0 Å². The summed E-state index contributed by atoms with van der Waals surface area (Å²) in [6.45, 7) is 2.84. The van der Waals surface area contributed by atoms with Gasteiger partial charge in [-0.25, -0.2) is 12.7 Å². The highest BCUT2D eigenvalue weighted by molar-refractivity contribution is 7.89. The number of hydrogen-bond donors (Lipinski definition) is 1. The molecule has 2 fully saturated rings. The van der Waals surface area contributed by atoms with Gasteiger partial charge in [-0.2, -0.15) is 0 Å². The van der Waals surface area contributed by atoms with Crippen LogP contribution in [0, 0.1) is 0 Å². The first kappa shape index (κ1) is 23.6. The van der Waals surface area contributed by atoms with Crippen molar-refractivity contribution < 1.29 is 23.1 Å². The summed E-state index contributed by atoms with van der Waals surface area (Å²) in [6, 6.07) is 5.68. The molecule has 0 spiro atoms. The maximum Gasteiger partial charge on any atom is 0.303 e. The highest BCUT2D eigenvalue weighted by atomic mass is 35.5. The second-order valence-corrected chi connectivity index (χ2v) is 10.8. The Morgan fingerprint density at radius 2 is 1.73 bits per heavy atom. The van der Waals surface area contributed by atoms with Gasteiger partial charge in [-0.15, -0.1) is 0 Å². The Hall–Kier alpha value is -1.06. The largest absolute Gasteiger partial charge is 0.490 e. The van der Waals surface area contributed by atoms with E-state index < -0.39 is 16.0 Å². The topological polar surface area (TPSA) is 87.1 Å². The van der Waals surface area contributed by atoms with Gasteiger partial charge >= 0.3 is 5.97 Å². The number of halogens is 2. The second-order valence-electron chi connectivity index (χ2n) is 7.87. The molecule has 1 N–H and O–H groups in total. The number of piperidine rings is 2. The number of sulfonamides is 1. The molecular weight excluding hydrogens is 451 g/mol. The fourth-order valence-corrected chi connectivity index (χ4v) is 5.94. The Bertz CT molecular complexity index is 836. The number of carbonyl (C=O) groups is 1. The van der Waals surface area contributed by atoms with Crippen molar-refractivity contribution in [3.63, 3.8) is 0 Å². The van der Waals surface area contributed by atoms with Gasteiger partial charge in [0.25, 0.3) is 0 Å². The van der Waals surface area contributed by atoms with Gasteiger partial charge in [0, 0.05) is 44.7 Å².